The van der Waals surface area contributed by atoms with Crippen molar-refractivity contribution in [2.45, 2.75) is 13.5 Å². The van der Waals surface area contributed by atoms with E-state index in [1.807, 2.05) is 20.0 Å². The van der Waals surface area contributed by atoms with Crippen molar-refractivity contribution in [1.82, 2.24) is 9.78 Å². The summed E-state index contributed by atoms with van der Waals surface area (Å²) in [6.07, 6.45) is 0. The topological polar surface area (TPSA) is 29.9 Å². The quantitative estimate of drug-likeness (QED) is 0.889. The van der Waals surface area contributed by atoms with E-state index in [0.717, 1.165) is 17.6 Å². The maximum absolute atomic E-state index is 13.0. The lowest BCUT2D eigenvalue weighted by Gasteiger charge is -2.03. The van der Waals surface area contributed by atoms with Crippen LogP contribution in [0.2, 0.25) is 0 Å². The van der Waals surface area contributed by atoms with Gasteiger partial charge in [0.25, 0.3) is 0 Å². The summed E-state index contributed by atoms with van der Waals surface area (Å²) in [5, 5.41) is 7.25. The van der Waals surface area contributed by atoms with E-state index in [-0.39, 0.29) is 0 Å². The first-order chi connectivity index (χ1) is 8.06. The van der Waals surface area contributed by atoms with Crippen molar-refractivity contribution in [3.8, 4) is 0 Å². The van der Waals surface area contributed by atoms with Crippen LogP contribution in [-0.2, 0) is 13.6 Å². The fourth-order valence-corrected chi connectivity index (χ4v) is 1.49. The molecule has 0 spiro atoms. The number of benzene rings is 1. The first-order valence-corrected chi connectivity index (χ1v) is 5.24. The number of hydrogen-bond acceptors (Lipinski definition) is 2. The lowest BCUT2D eigenvalue weighted by atomic mass is 10.2. The fourth-order valence-electron chi connectivity index (χ4n) is 1.49. The van der Waals surface area contributed by atoms with Crippen LogP contribution in [0.5, 0.6) is 0 Å². The van der Waals surface area contributed by atoms with E-state index < -0.39 is 11.6 Å². The molecule has 0 atom stereocenters. The molecule has 17 heavy (non-hydrogen) atoms. The molecule has 90 valence electrons. The van der Waals surface area contributed by atoms with Crippen molar-refractivity contribution in [1.29, 1.82) is 0 Å². The molecule has 0 aliphatic rings. The Morgan fingerprint density at radius 2 is 2.00 bits per heavy atom. The third-order valence-electron chi connectivity index (χ3n) is 2.57. The van der Waals surface area contributed by atoms with E-state index >= 15 is 0 Å². The maximum Gasteiger partial charge on any atom is 0.159 e. The average molecular weight is 237 g/mol. The Labute approximate surface area is 98.1 Å². The summed E-state index contributed by atoms with van der Waals surface area (Å²) in [7, 11) is 1.85. The molecule has 0 radical (unpaired) electrons. The Bertz CT molecular complexity index is 515. The van der Waals surface area contributed by atoms with Crippen molar-refractivity contribution in [2.75, 3.05) is 5.32 Å². The van der Waals surface area contributed by atoms with Crippen molar-refractivity contribution in [3.05, 3.63) is 47.2 Å². The predicted molar refractivity (Wildman–Crippen MR) is 61.6 cm³/mol. The molecule has 0 aliphatic carbocycles. The Morgan fingerprint density at radius 3 is 2.59 bits per heavy atom. The molecule has 1 heterocycles. The number of nitrogens with zero attached hydrogens (tertiary/aromatic N) is 2. The van der Waals surface area contributed by atoms with E-state index in [4.69, 9.17) is 0 Å². The van der Waals surface area contributed by atoms with E-state index in [1.54, 1.807) is 10.7 Å². The molecule has 2 aromatic rings. The summed E-state index contributed by atoms with van der Waals surface area (Å²) in [5.74, 6) is -0.946. The van der Waals surface area contributed by atoms with Crippen LogP contribution in [-0.4, -0.2) is 9.78 Å². The summed E-state index contributed by atoms with van der Waals surface area (Å²) in [6, 6.07) is 5.73. The maximum atomic E-state index is 13.0. The van der Waals surface area contributed by atoms with Gasteiger partial charge in [0.15, 0.2) is 11.6 Å². The number of halogens is 2. The molecule has 0 aliphatic heterocycles. The standard InChI is InChI=1S/C12H13F2N3/c1-8-5-12(16-17(8)2)15-7-9-3-4-10(13)11(14)6-9/h3-6H,7H2,1-2H3,(H,15,16). The Kier molecular flexibility index (Phi) is 3.08. The largest absolute Gasteiger partial charge is 0.365 e. The molecule has 0 bridgehead atoms. The highest BCUT2D eigenvalue weighted by Gasteiger charge is 2.04. The molecule has 0 unspecified atom stereocenters. The fraction of sp³-hybridized carbons (Fsp3) is 0.250. The summed E-state index contributed by atoms with van der Waals surface area (Å²) >= 11 is 0. The van der Waals surface area contributed by atoms with E-state index in [2.05, 4.69) is 10.4 Å². The minimum atomic E-state index is -0.832. The lowest BCUT2D eigenvalue weighted by Crippen LogP contribution is -2.01. The zero-order chi connectivity index (χ0) is 12.4. The Morgan fingerprint density at radius 1 is 1.24 bits per heavy atom. The van der Waals surface area contributed by atoms with Crippen LogP contribution in [0.1, 0.15) is 11.3 Å². The van der Waals surface area contributed by atoms with Crippen molar-refractivity contribution < 1.29 is 8.78 Å². The molecule has 1 aromatic heterocycles. The second-order valence-electron chi connectivity index (χ2n) is 3.90. The molecule has 2 rings (SSSR count). The number of anilines is 1. The van der Waals surface area contributed by atoms with Gasteiger partial charge in [0.05, 0.1) is 0 Å². The number of aryl methyl sites for hydroxylation is 2. The van der Waals surface area contributed by atoms with Gasteiger partial charge in [-0.25, -0.2) is 8.78 Å². The minimum Gasteiger partial charge on any atom is -0.365 e. The first-order valence-electron chi connectivity index (χ1n) is 5.24. The molecule has 3 nitrogen and oxygen atoms in total. The average Bonchev–Trinajstić information content (AvgIpc) is 2.60. The SMILES string of the molecule is Cc1cc(NCc2ccc(F)c(F)c2)nn1C. The Balaban J connectivity index is 2.04. The van der Waals surface area contributed by atoms with Gasteiger partial charge in [0.1, 0.15) is 5.82 Å². The molecule has 1 aromatic carbocycles. The summed E-state index contributed by atoms with van der Waals surface area (Å²) in [5.41, 5.74) is 1.70. The summed E-state index contributed by atoms with van der Waals surface area (Å²) in [4.78, 5) is 0. The molecular weight excluding hydrogens is 224 g/mol. The van der Waals surface area contributed by atoms with Crippen LogP contribution in [0.15, 0.2) is 24.3 Å². The van der Waals surface area contributed by atoms with Gasteiger partial charge in [0.2, 0.25) is 0 Å². The summed E-state index contributed by atoms with van der Waals surface area (Å²) < 4.78 is 27.4. The van der Waals surface area contributed by atoms with Gasteiger partial charge in [-0.2, -0.15) is 5.10 Å². The van der Waals surface area contributed by atoms with Gasteiger partial charge >= 0.3 is 0 Å². The second kappa shape index (κ2) is 4.53. The molecule has 5 heteroatoms. The monoisotopic (exact) mass is 237 g/mol. The first kappa shape index (κ1) is 11.6. The smallest absolute Gasteiger partial charge is 0.159 e. The van der Waals surface area contributed by atoms with Gasteiger partial charge < -0.3 is 5.32 Å². The number of hydrogen-bond donors (Lipinski definition) is 1. The highest BCUT2D eigenvalue weighted by atomic mass is 19.2. The molecular formula is C12H13F2N3. The molecule has 1 N–H and O–H groups in total. The third kappa shape index (κ3) is 2.61. The van der Waals surface area contributed by atoms with Crippen molar-refractivity contribution in [2.24, 2.45) is 7.05 Å². The van der Waals surface area contributed by atoms with Crippen LogP contribution in [0.4, 0.5) is 14.6 Å². The van der Waals surface area contributed by atoms with Crippen LogP contribution in [0, 0.1) is 18.6 Å². The van der Waals surface area contributed by atoms with Crippen LogP contribution in [0.3, 0.4) is 0 Å². The van der Waals surface area contributed by atoms with E-state index in [0.29, 0.717) is 12.1 Å². The van der Waals surface area contributed by atoms with Gasteiger partial charge in [-0.3, -0.25) is 4.68 Å². The zero-order valence-electron chi connectivity index (χ0n) is 9.67. The number of aromatic nitrogens is 2. The van der Waals surface area contributed by atoms with Crippen LogP contribution >= 0.6 is 0 Å². The van der Waals surface area contributed by atoms with Crippen LogP contribution < -0.4 is 5.32 Å². The van der Waals surface area contributed by atoms with Gasteiger partial charge in [-0.1, -0.05) is 6.07 Å². The van der Waals surface area contributed by atoms with E-state index in [1.165, 1.54) is 6.07 Å². The third-order valence-corrected chi connectivity index (χ3v) is 2.57. The number of nitrogens with one attached hydrogen (secondary N) is 1. The normalized spacial score (nSPS) is 10.6. The van der Waals surface area contributed by atoms with Crippen molar-refractivity contribution >= 4 is 5.82 Å². The molecule has 0 fully saturated rings. The molecule has 0 saturated carbocycles. The highest BCUT2D eigenvalue weighted by molar-refractivity contribution is 5.36. The number of rotatable bonds is 3. The zero-order valence-corrected chi connectivity index (χ0v) is 9.67. The highest BCUT2D eigenvalue weighted by Crippen LogP contribution is 2.12. The second-order valence-corrected chi connectivity index (χ2v) is 3.90. The minimum absolute atomic E-state index is 0.410. The van der Waals surface area contributed by atoms with Gasteiger partial charge in [-0.15, -0.1) is 0 Å². The van der Waals surface area contributed by atoms with Gasteiger partial charge in [0, 0.05) is 25.4 Å². The molecule has 0 amide bonds. The van der Waals surface area contributed by atoms with Gasteiger partial charge in [-0.05, 0) is 24.6 Å². The molecule has 0 saturated heterocycles. The van der Waals surface area contributed by atoms with E-state index in [9.17, 15) is 8.78 Å². The predicted octanol–water partition coefficient (Wildman–Crippen LogP) is 2.62. The summed E-state index contributed by atoms with van der Waals surface area (Å²) in [6.45, 7) is 2.35. The van der Waals surface area contributed by atoms with Crippen molar-refractivity contribution in [3.63, 3.8) is 0 Å². The lowest BCUT2D eigenvalue weighted by molar-refractivity contribution is 0.507. The Hall–Kier alpha value is -1.91. The van der Waals surface area contributed by atoms with Crippen LogP contribution in [0.25, 0.3) is 0 Å².